The number of ether oxygens (including phenoxy) is 1. The van der Waals surface area contributed by atoms with E-state index in [2.05, 4.69) is 34.9 Å². The smallest absolute Gasteiger partial charge is 0.407 e. The fourth-order valence-corrected chi connectivity index (χ4v) is 5.62. The van der Waals surface area contributed by atoms with Gasteiger partial charge >= 0.3 is 12.1 Å². The zero-order valence-corrected chi connectivity index (χ0v) is 20.7. The molecule has 0 spiro atoms. The van der Waals surface area contributed by atoms with Gasteiger partial charge in [-0.3, -0.25) is 4.79 Å². The molecule has 0 heterocycles. The van der Waals surface area contributed by atoms with Crippen LogP contribution in [0.4, 0.5) is 4.79 Å². The normalized spacial score (nSPS) is 19.8. The molecule has 186 valence electrons. The zero-order valence-electron chi connectivity index (χ0n) is 19.9. The fraction of sp³-hybridized carbons (Fsp3) is 0.444. The van der Waals surface area contributed by atoms with Gasteiger partial charge in [-0.1, -0.05) is 55.0 Å². The van der Waals surface area contributed by atoms with Gasteiger partial charge in [-0.2, -0.15) is 11.8 Å². The average molecular weight is 497 g/mol. The third-order valence-corrected chi connectivity index (χ3v) is 7.58. The molecule has 0 unspecified atom stereocenters. The number of benzene rings is 2. The van der Waals surface area contributed by atoms with Crippen LogP contribution in [0.5, 0.6) is 0 Å². The number of carboxylic acids is 1. The first-order chi connectivity index (χ1) is 17.0. The van der Waals surface area contributed by atoms with E-state index in [1.807, 2.05) is 30.5 Å². The Labute approximate surface area is 210 Å². The molecule has 2 aromatic rings. The summed E-state index contributed by atoms with van der Waals surface area (Å²) in [5.74, 6) is -0.937. The summed E-state index contributed by atoms with van der Waals surface area (Å²) in [7, 11) is 0. The molecule has 0 radical (unpaired) electrons. The van der Waals surface area contributed by atoms with Crippen molar-refractivity contribution >= 4 is 29.7 Å². The first-order valence-electron chi connectivity index (χ1n) is 12.1. The predicted molar refractivity (Wildman–Crippen MR) is 137 cm³/mol. The molecule has 8 heteroatoms. The van der Waals surface area contributed by atoms with Crippen LogP contribution in [0.15, 0.2) is 48.5 Å². The van der Waals surface area contributed by atoms with Crippen LogP contribution in [0.25, 0.3) is 11.1 Å². The summed E-state index contributed by atoms with van der Waals surface area (Å²) in [5, 5.41) is 15.0. The number of amides is 2. The minimum atomic E-state index is -1.02. The molecule has 7 nitrogen and oxygen atoms in total. The topological polar surface area (TPSA) is 105 Å². The number of alkyl carbamates (subject to hydrolysis) is 1. The van der Waals surface area contributed by atoms with E-state index in [1.54, 1.807) is 11.8 Å². The van der Waals surface area contributed by atoms with Crippen molar-refractivity contribution in [1.29, 1.82) is 0 Å². The Morgan fingerprint density at radius 3 is 2.34 bits per heavy atom. The molecule has 1 fully saturated rings. The second-order valence-electron chi connectivity index (χ2n) is 9.21. The van der Waals surface area contributed by atoms with Crippen molar-refractivity contribution in [1.82, 2.24) is 10.6 Å². The summed E-state index contributed by atoms with van der Waals surface area (Å²) in [6.07, 6.45) is 4.52. The Kier molecular flexibility index (Phi) is 8.33. The average Bonchev–Trinajstić information content (AvgIpc) is 3.19. The van der Waals surface area contributed by atoms with E-state index in [4.69, 9.17) is 4.74 Å². The van der Waals surface area contributed by atoms with Crippen LogP contribution in [0, 0.1) is 5.92 Å². The van der Waals surface area contributed by atoms with Crippen LogP contribution < -0.4 is 10.6 Å². The first-order valence-corrected chi connectivity index (χ1v) is 13.5. The predicted octanol–water partition coefficient (Wildman–Crippen LogP) is 4.41. The van der Waals surface area contributed by atoms with Gasteiger partial charge in [-0.05, 0) is 59.9 Å². The van der Waals surface area contributed by atoms with Crippen LogP contribution in [-0.2, 0) is 14.3 Å². The van der Waals surface area contributed by atoms with Crippen LogP contribution in [-0.4, -0.2) is 53.8 Å². The Hall–Kier alpha value is -3.00. The van der Waals surface area contributed by atoms with Crippen LogP contribution >= 0.6 is 11.8 Å². The Morgan fingerprint density at radius 2 is 1.71 bits per heavy atom. The Bertz CT molecular complexity index is 1030. The highest BCUT2D eigenvalue weighted by molar-refractivity contribution is 7.98. The first kappa shape index (κ1) is 25.1. The monoisotopic (exact) mass is 496 g/mol. The SMILES string of the molecule is CSCC[C@@H](NC(=O)[C@@H]1CCC[C@H](NC(=O)OCC2c3ccccc3-c3ccccc32)C1)C(=O)O. The van der Waals surface area contributed by atoms with Gasteiger partial charge in [0.25, 0.3) is 0 Å². The van der Waals surface area contributed by atoms with E-state index in [0.29, 0.717) is 25.0 Å². The third kappa shape index (κ3) is 5.99. The van der Waals surface area contributed by atoms with Crippen molar-refractivity contribution in [2.75, 3.05) is 18.6 Å². The van der Waals surface area contributed by atoms with Crippen molar-refractivity contribution in [3.05, 3.63) is 59.7 Å². The number of carbonyl (C=O) groups is 3. The lowest BCUT2D eigenvalue weighted by atomic mass is 9.85. The zero-order chi connectivity index (χ0) is 24.8. The maximum Gasteiger partial charge on any atom is 0.407 e. The summed E-state index contributed by atoms with van der Waals surface area (Å²) in [4.78, 5) is 36.8. The quantitative estimate of drug-likeness (QED) is 0.475. The molecule has 3 N–H and O–H groups in total. The molecule has 2 amide bonds. The molecule has 0 saturated heterocycles. The van der Waals surface area contributed by atoms with Crippen molar-refractivity contribution < 1.29 is 24.2 Å². The van der Waals surface area contributed by atoms with Gasteiger partial charge < -0.3 is 20.5 Å². The number of aliphatic carboxylic acids is 1. The number of fused-ring (bicyclic) bond motifs is 3. The number of thioether (sulfide) groups is 1. The van der Waals surface area contributed by atoms with Crippen molar-refractivity contribution in [2.24, 2.45) is 5.92 Å². The highest BCUT2D eigenvalue weighted by Gasteiger charge is 2.32. The van der Waals surface area contributed by atoms with Gasteiger partial charge in [0.15, 0.2) is 0 Å². The Balaban J connectivity index is 1.30. The van der Waals surface area contributed by atoms with E-state index in [0.717, 1.165) is 24.0 Å². The van der Waals surface area contributed by atoms with Gasteiger partial charge in [0.05, 0.1) is 0 Å². The molecule has 2 aromatic carbocycles. The molecule has 35 heavy (non-hydrogen) atoms. The van der Waals surface area contributed by atoms with E-state index >= 15 is 0 Å². The van der Waals surface area contributed by atoms with Crippen molar-refractivity contribution in [3.8, 4) is 11.1 Å². The molecule has 0 aromatic heterocycles. The number of carboxylic acid groups (broad SMARTS) is 1. The number of nitrogens with one attached hydrogen (secondary N) is 2. The van der Waals surface area contributed by atoms with Crippen molar-refractivity contribution in [3.63, 3.8) is 0 Å². The molecule has 3 atom stereocenters. The maximum atomic E-state index is 12.7. The highest BCUT2D eigenvalue weighted by atomic mass is 32.2. The van der Waals surface area contributed by atoms with Crippen LogP contribution in [0.3, 0.4) is 0 Å². The number of hydrogen-bond acceptors (Lipinski definition) is 5. The number of rotatable bonds is 9. The molecule has 0 bridgehead atoms. The van der Waals surface area contributed by atoms with Crippen LogP contribution in [0.1, 0.15) is 49.1 Å². The summed E-state index contributed by atoms with van der Waals surface area (Å²) in [6.45, 7) is 0.242. The molecule has 2 aliphatic carbocycles. The van der Waals surface area contributed by atoms with Gasteiger partial charge in [0, 0.05) is 17.9 Å². The van der Waals surface area contributed by atoms with E-state index < -0.39 is 18.1 Å². The minimum Gasteiger partial charge on any atom is -0.480 e. The highest BCUT2D eigenvalue weighted by Crippen LogP contribution is 2.44. The largest absolute Gasteiger partial charge is 0.480 e. The lowest BCUT2D eigenvalue weighted by Gasteiger charge is -2.29. The standard InChI is InChI=1S/C27H32N2O5S/c1-35-14-13-24(26(31)32)29-25(30)17-7-6-8-18(15-17)28-27(33)34-16-23-21-11-4-2-9-19(21)20-10-3-5-12-22(20)23/h2-5,9-12,17-18,23-24H,6-8,13-16H2,1H3,(H,28,33)(H,29,30)(H,31,32)/t17-,18+,24-/m1/s1. The lowest BCUT2D eigenvalue weighted by Crippen LogP contribution is -2.47. The van der Waals surface area contributed by atoms with Crippen LogP contribution in [0.2, 0.25) is 0 Å². The molecule has 4 rings (SSSR count). The second-order valence-corrected chi connectivity index (χ2v) is 10.2. The molecular weight excluding hydrogens is 464 g/mol. The van der Waals surface area contributed by atoms with Gasteiger partial charge in [0.1, 0.15) is 12.6 Å². The summed E-state index contributed by atoms with van der Waals surface area (Å²) < 4.78 is 5.65. The third-order valence-electron chi connectivity index (χ3n) is 6.94. The van der Waals surface area contributed by atoms with E-state index in [1.165, 1.54) is 11.1 Å². The second kappa shape index (κ2) is 11.6. The minimum absolute atomic E-state index is 0.00716. The van der Waals surface area contributed by atoms with Crippen molar-refractivity contribution in [2.45, 2.75) is 50.1 Å². The molecule has 1 saturated carbocycles. The summed E-state index contributed by atoms with van der Waals surface area (Å²) in [6, 6.07) is 15.3. The summed E-state index contributed by atoms with van der Waals surface area (Å²) >= 11 is 1.55. The molecule has 0 aliphatic heterocycles. The van der Waals surface area contributed by atoms with Gasteiger partial charge in [-0.25, -0.2) is 9.59 Å². The van der Waals surface area contributed by atoms with E-state index in [9.17, 15) is 19.5 Å². The Morgan fingerprint density at radius 1 is 1.06 bits per heavy atom. The maximum absolute atomic E-state index is 12.7. The molecular formula is C27H32N2O5S. The summed E-state index contributed by atoms with van der Waals surface area (Å²) in [5.41, 5.74) is 4.67. The van der Waals surface area contributed by atoms with E-state index in [-0.39, 0.29) is 30.4 Å². The number of carbonyl (C=O) groups excluding carboxylic acids is 2. The molecule has 2 aliphatic rings. The lowest BCUT2D eigenvalue weighted by molar-refractivity contribution is -0.142. The van der Waals surface area contributed by atoms with Gasteiger partial charge in [0.2, 0.25) is 5.91 Å². The number of hydrogen-bond donors (Lipinski definition) is 3. The van der Waals surface area contributed by atoms with Gasteiger partial charge in [-0.15, -0.1) is 0 Å². The fourth-order valence-electron chi connectivity index (χ4n) is 5.15.